The molecular weight excluding hydrogens is 304 g/mol. The molecular formula is C11H13BrN2O2S. The minimum Gasteiger partial charge on any atom is -0.341 e. The second kappa shape index (κ2) is 4.42. The minimum absolute atomic E-state index is 0.106. The van der Waals surface area contributed by atoms with Crippen molar-refractivity contribution >= 4 is 37.5 Å². The smallest absolute Gasteiger partial charge is 0.286 e. The lowest BCUT2D eigenvalue weighted by Crippen LogP contribution is -2.31. The molecule has 2 rings (SSSR count). The van der Waals surface area contributed by atoms with Crippen molar-refractivity contribution in [3.63, 3.8) is 0 Å². The summed E-state index contributed by atoms with van der Waals surface area (Å²) in [6.07, 6.45) is 0. The molecule has 1 heterocycles. The molecule has 0 aliphatic carbocycles. The van der Waals surface area contributed by atoms with Gasteiger partial charge < -0.3 is 5.32 Å². The van der Waals surface area contributed by atoms with Gasteiger partial charge in [0.15, 0.2) is 0 Å². The quantitative estimate of drug-likeness (QED) is 0.853. The summed E-state index contributed by atoms with van der Waals surface area (Å²) >= 11 is 3.45. The summed E-state index contributed by atoms with van der Waals surface area (Å²) < 4.78 is 27.7. The molecule has 1 N–H and O–H groups in total. The number of benzene rings is 1. The Balaban J connectivity index is 2.49. The molecule has 0 radical (unpaired) electrons. The Morgan fingerprint density at radius 3 is 2.59 bits per heavy atom. The van der Waals surface area contributed by atoms with Gasteiger partial charge >= 0.3 is 0 Å². The third-order valence-electron chi connectivity index (χ3n) is 2.49. The number of fused-ring (bicyclic) bond motifs is 1. The number of sulfonamides is 1. The third-order valence-corrected chi connectivity index (χ3v) is 5.33. The number of anilines is 1. The first-order chi connectivity index (χ1) is 7.92. The molecule has 0 aromatic heterocycles. The van der Waals surface area contributed by atoms with Crippen molar-refractivity contribution in [1.82, 2.24) is 0 Å². The monoisotopic (exact) mass is 316 g/mol. The van der Waals surface area contributed by atoms with E-state index in [-0.39, 0.29) is 15.6 Å². The third kappa shape index (κ3) is 2.37. The maximum atomic E-state index is 12.0. The Labute approximate surface area is 109 Å². The largest absolute Gasteiger partial charge is 0.341 e. The molecule has 92 valence electrons. The van der Waals surface area contributed by atoms with Crippen LogP contribution in [0.3, 0.4) is 0 Å². The number of nitrogens with one attached hydrogen (secondary N) is 1. The highest BCUT2D eigenvalue weighted by Crippen LogP contribution is 2.29. The Bertz CT molecular complexity index is 567. The van der Waals surface area contributed by atoms with Crippen LogP contribution in [0.4, 0.5) is 5.69 Å². The number of rotatable bonds is 2. The first-order valence-corrected chi connectivity index (χ1v) is 7.62. The van der Waals surface area contributed by atoms with E-state index in [4.69, 9.17) is 0 Å². The van der Waals surface area contributed by atoms with Gasteiger partial charge in [0, 0.05) is 0 Å². The number of alkyl halides is 1. The van der Waals surface area contributed by atoms with Gasteiger partial charge in [-0.15, -0.1) is 4.40 Å². The van der Waals surface area contributed by atoms with Crippen LogP contribution < -0.4 is 5.32 Å². The summed E-state index contributed by atoms with van der Waals surface area (Å²) in [5, 5.41) is 3.06. The van der Waals surface area contributed by atoms with Crippen LogP contribution in [0.2, 0.25) is 0 Å². The van der Waals surface area contributed by atoms with E-state index in [9.17, 15) is 8.42 Å². The van der Waals surface area contributed by atoms with E-state index in [2.05, 4.69) is 25.6 Å². The summed E-state index contributed by atoms with van der Waals surface area (Å²) in [5.41, 5.74) is 0.586. The number of hydrogen-bond donors (Lipinski definition) is 1. The van der Waals surface area contributed by atoms with Crippen LogP contribution in [0.1, 0.15) is 13.8 Å². The van der Waals surface area contributed by atoms with Crippen LogP contribution >= 0.6 is 15.9 Å². The molecule has 1 unspecified atom stereocenters. The van der Waals surface area contributed by atoms with Gasteiger partial charge in [-0.05, 0) is 18.1 Å². The maximum Gasteiger partial charge on any atom is 0.286 e. The Morgan fingerprint density at radius 1 is 1.29 bits per heavy atom. The van der Waals surface area contributed by atoms with Crippen LogP contribution in [0.25, 0.3) is 0 Å². The van der Waals surface area contributed by atoms with E-state index in [0.29, 0.717) is 11.5 Å². The molecule has 0 amide bonds. The van der Waals surface area contributed by atoms with Gasteiger partial charge in [-0.25, -0.2) is 0 Å². The van der Waals surface area contributed by atoms with E-state index >= 15 is 0 Å². The van der Waals surface area contributed by atoms with Crippen LogP contribution in [-0.2, 0) is 10.0 Å². The summed E-state index contributed by atoms with van der Waals surface area (Å²) in [5.74, 6) is 0.695. The lowest BCUT2D eigenvalue weighted by Gasteiger charge is -2.23. The predicted molar refractivity (Wildman–Crippen MR) is 72.2 cm³/mol. The topological polar surface area (TPSA) is 58.5 Å². The van der Waals surface area contributed by atoms with Crippen molar-refractivity contribution in [3.8, 4) is 0 Å². The molecule has 1 aliphatic heterocycles. The Hall–Kier alpha value is -0.880. The number of nitrogens with zero attached hydrogens (tertiary/aromatic N) is 1. The first kappa shape index (κ1) is 12.6. The average molecular weight is 317 g/mol. The fraction of sp³-hybridized carbons (Fsp3) is 0.364. The van der Waals surface area contributed by atoms with Gasteiger partial charge in [0.25, 0.3) is 10.0 Å². The fourth-order valence-corrected chi connectivity index (χ4v) is 3.09. The van der Waals surface area contributed by atoms with Crippen molar-refractivity contribution in [2.45, 2.75) is 23.6 Å². The molecule has 0 saturated carbocycles. The first-order valence-electron chi connectivity index (χ1n) is 5.27. The van der Waals surface area contributed by atoms with Gasteiger partial charge in [0.2, 0.25) is 0 Å². The zero-order valence-electron chi connectivity index (χ0n) is 9.51. The SMILES string of the molecule is CC(C)C(Br)C1=NS(=O)(=O)c2ccccc2N1. The van der Waals surface area contributed by atoms with Gasteiger partial charge in [0.1, 0.15) is 10.7 Å². The number of amidine groups is 1. The maximum absolute atomic E-state index is 12.0. The summed E-state index contributed by atoms with van der Waals surface area (Å²) in [7, 11) is -3.57. The van der Waals surface area contributed by atoms with Crippen LogP contribution in [-0.4, -0.2) is 19.1 Å². The van der Waals surface area contributed by atoms with Gasteiger partial charge in [-0.1, -0.05) is 41.9 Å². The van der Waals surface area contributed by atoms with Crippen LogP contribution in [0.5, 0.6) is 0 Å². The van der Waals surface area contributed by atoms with E-state index < -0.39 is 10.0 Å². The molecule has 1 aliphatic rings. The molecule has 0 fully saturated rings. The van der Waals surface area contributed by atoms with Crippen molar-refractivity contribution in [3.05, 3.63) is 24.3 Å². The van der Waals surface area contributed by atoms with Crippen LogP contribution in [0, 0.1) is 5.92 Å². The summed E-state index contributed by atoms with van der Waals surface area (Å²) in [6, 6.07) is 6.77. The second-order valence-electron chi connectivity index (χ2n) is 4.22. The van der Waals surface area contributed by atoms with E-state index in [0.717, 1.165) is 0 Å². The number of para-hydroxylation sites is 1. The lowest BCUT2D eigenvalue weighted by atomic mass is 10.1. The number of hydrogen-bond acceptors (Lipinski definition) is 3. The highest BCUT2D eigenvalue weighted by molar-refractivity contribution is 9.10. The summed E-state index contributed by atoms with van der Waals surface area (Å²) in [4.78, 5) is 0.123. The molecule has 17 heavy (non-hydrogen) atoms. The minimum atomic E-state index is -3.57. The molecule has 1 atom stereocenters. The molecule has 0 bridgehead atoms. The van der Waals surface area contributed by atoms with Crippen LogP contribution in [0.15, 0.2) is 33.6 Å². The zero-order valence-corrected chi connectivity index (χ0v) is 11.9. The molecule has 1 aromatic rings. The zero-order chi connectivity index (χ0) is 12.6. The van der Waals surface area contributed by atoms with E-state index in [1.807, 2.05) is 13.8 Å². The van der Waals surface area contributed by atoms with E-state index in [1.165, 1.54) is 0 Å². The molecule has 1 aromatic carbocycles. The number of halogens is 1. The molecule has 6 heteroatoms. The van der Waals surface area contributed by atoms with Gasteiger partial charge in [-0.2, -0.15) is 8.42 Å². The predicted octanol–water partition coefficient (Wildman–Crippen LogP) is 2.62. The van der Waals surface area contributed by atoms with Crippen molar-refractivity contribution in [2.75, 3.05) is 5.32 Å². The molecule has 0 spiro atoms. The van der Waals surface area contributed by atoms with Crippen molar-refractivity contribution < 1.29 is 8.42 Å². The average Bonchev–Trinajstić information content (AvgIpc) is 2.27. The normalized spacial score (nSPS) is 19.2. The highest BCUT2D eigenvalue weighted by atomic mass is 79.9. The fourth-order valence-electron chi connectivity index (χ4n) is 1.57. The van der Waals surface area contributed by atoms with Crippen molar-refractivity contribution in [2.24, 2.45) is 10.3 Å². The second-order valence-corrected chi connectivity index (χ2v) is 6.78. The van der Waals surface area contributed by atoms with Crippen molar-refractivity contribution in [1.29, 1.82) is 0 Å². The van der Waals surface area contributed by atoms with E-state index in [1.54, 1.807) is 24.3 Å². The Morgan fingerprint density at radius 2 is 1.94 bits per heavy atom. The lowest BCUT2D eigenvalue weighted by molar-refractivity contribution is 0.597. The Kier molecular flexibility index (Phi) is 3.27. The highest BCUT2D eigenvalue weighted by Gasteiger charge is 2.28. The molecule has 4 nitrogen and oxygen atoms in total. The standard InChI is InChI=1S/C11H13BrN2O2S/c1-7(2)10(12)11-13-8-5-3-4-6-9(8)17(15,16)14-11/h3-7,10H,1-2H3,(H,13,14). The van der Waals surface area contributed by atoms with Gasteiger partial charge in [0.05, 0.1) is 10.5 Å². The van der Waals surface area contributed by atoms with Gasteiger partial charge in [-0.3, -0.25) is 0 Å². The molecule has 0 saturated heterocycles. The summed E-state index contributed by atoms with van der Waals surface area (Å²) in [6.45, 7) is 3.99.